The molecule has 2 N–H and O–H groups in total. The van der Waals surface area contributed by atoms with Crippen LogP contribution in [0, 0.1) is 0 Å². The third-order valence-corrected chi connectivity index (χ3v) is 5.52. The predicted octanol–water partition coefficient (Wildman–Crippen LogP) is 3.26. The number of thiazole rings is 1. The Morgan fingerprint density at radius 1 is 1.32 bits per heavy atom. The first kappa shape index (κ1) is 17.5. The molecule has 3 aromatic rings. The molecule has 1 aromatic carbocycles. The maximum absolute atomic E-state index is 13.1. The fourth-order valence-corrected chi connectivity index (χ4v) is 4.12. The summed E-state index contributed by atoms with van der Waals surface area (Å²) in [6.45, 7) is 0. The van der Waals surface area contributed by atoms with Crippen LogP contribution in [0.15, 0.2) is 44.5 Å². The van der Waals surface area contributed by atoms with Crippen molar-refractivity contribution in [2.24, 2.45) is 12.8 Å². The molecule has 5 nitrogen and oxygen atoms in total. The Kier molecular flexibility index (Phi) is 4.33. The summed E-state index contributed by atoms with van der Waals surface area (Å²) in [7, 11) is 1.26. The van der Waals surface area contributed by atoms with E-state index < -0.39 is 23.2 Å². The van der Waals surface area contributed by atoms with E-state index in [0.717, 1.165) is 15.9 Å². The van der Waals surface area contributed by atoms with Crippen LogP contribution in [0.3, 0.4) is 0 Å². The van der Waals surface area contributed by atoms with Crippen molar-refractivity contribution >= 4 is 39.9 Å². The molecule has 25 heavy (non-hydrogen) atoms. The highest BCUT2D eigenvalue weighted by molar-refractivity contribution is 8.01. The Hall–Kier alpha value is -2.33. The van der Waals surface area contributed by atoms with Gasteiger partial charge >= 0.3 is 6.18 Å². The lowest BCUT2D eigenvalue weighted by Crippen LogP contribution is -2.19. The smallest absolute Gasteiger partial charge is 0.365 e. The molecule has 1 amide bonds. The minimum absolute atomic E-state index is 0.163. The van der Waals surface area contributed by atoms with Gasteiger partial charge in [0.2, 0.25) is 0 Å². The molecule has 0 fully saturated rings. The molecule has 0 atom stereocenters. The number of hydrogen-bond acceptors (Lipinski definition) is 5. The quantitative estimate of drug-likeness (QED) is 0.751. The van der Waals surface area contributed by atoms with Crippen molar-refractivity contribution in [3.63, 3.8) is 0 Å². The molecule has 0 unspecified atom stereocenters. The average molecular weight is 385 g/mol. The number of halogens is 3. The number of nitrogens with zero attached hydrogens (tertiary/aromatic N) is 2. The van der Waals surface area contributed by atoms with Crippen molar-refractivity contribution in [2.45, 2.75) is 15.4 Å². The standard InChI is InChI=1S/C15H10F3N3O2S2/c1-21-9-4-7(24-14-20-6-11(25-14)13(19)23)2-3-8(9)10(22)5-12(21)15(16,17)18/h2-6H,1H3,(H2,19,23). The molecule has 0 spiro atoms. The van der Waals surface area contributed by atoms with Crippen LogP contribution in [0.2, 0.25) is 0 Å². The summed E-state index contributed by atoms with van der Waals surface area (Å²) >= 11 is 2.26. The number of amides is 1. The third kappa shape index (κ3) is 3.40. The van der Waals surface area contributed by atoms with Crippen LogP contribution in [0.1, 0.15) is 15.4 Å². The van der Waals surface area contributed by atoms with Gasteiger partial charge in [-0.3, -0.25) is 9.59 Å². The lowest BCUT2D eigenvalue weighted by atomic mass is 10.2. The van der Waals surface area contributed by atoms with Gasteiger partial charge in [-0.25, -0.2) is 4.98 Å². The molecular formula is C15H10F3N3O2S2. The van der Waals surface area contributed by atoms with Gasteiger partial charge in [0.1, 0.15) is 10.6 Å². The van der Waals surface area contributed by atoms with E-state index >= 15 is 0 Å². The topological polar surface area (TPSA) is 78.0 Å². The number of alkyl halides is 3. The highest BCUT2D eigenvalue weighted by atomic mass is 32.2. The summed E-state index contributed by atoms with van der Waals surface area (Å²) in [6.07, 6.45) is -3.29. The number of rotatable bonds is 3. The van der Waals surface area contributed by atoms with Gasteiger partial charge in [0.05, 0.1) is 11.7 Å². The van der Waals surface area contributed by atoms with Gasteiger partial charge in [-0.1, -0.05) is 11.8 Å². The van der Waals surface area contributed by atoms with E-state index in [9.17, 15) is 22.8 Å². The van der Waals surface area contributed by atoms with E-state index in [4.69, 9.17) is 5.73 Å². The summed E-state index contributed by atoms with van der Waals surface area (Å²) in [5, 5.41) is 0.191. The number of fused-ring (bicyclic) bond motifs is 1. The van der Waals surface area contributed by atoms with Crippen molar-refractivity contribution in [3.8, 4) is 0 Å². The van der Waals surface area contributed by atoms with Crippen LogP contribution in [-0.4, -0.2) is 15.5 Å². The Bertz CT molecular complexity index is 1040. The first-order valence-corrected chi connectivity index (χ1v) is 8.44. The largest absolute Gasteiger partial charge is 0.431 e. The summed E-state index contributed by atoms with van der Waals surface area (Å²) < 4.78 is 40.7. The second kappa shape index (κ2) is 6.19. The van der Waals surface area contributed by atoms with Crippen molar-refractivity contribution < 1.29 is 18.0 Å². The normalized spacial score (nSPS) is 11.8. The highest BCUT2D eigenvalue weighted by Gasteiger charge is 2.34. The van der Waals surface area contributed by atoms with Crippen LogP contribution < -0.4 is 11.2 Å². The highest BCUT2D eigenvalue weighted by Crippen LogP contribution is 2.34. The molecule has 130 valence electrons. The second-order valence-corrected chi connectivity index (χ2v) is 7.44. The number of primary amides is 1. The van der Waals surface area contributed by atoms with Gasteiger partial charge in [-0.05, 0) is 18.2 Å². The number of nitrogens with two attached hydrogens (primary N) is 1. The molecule has 10 heteroatoms. The van der Waals surface area contributed by atoms with Crippen LogP contribution in [-0.2, 0) is 13.2 Å². The van der Waals surface area contributed by atoms with E-state index in [1.54, 1.807) is 6.07 Å². The number of carbonyl (C=O) groups is 1. The van der Waals surface area contributed by atoms with Gasteiger partial charge in [0.15, 0.2) is 9.77 Å². The van der Waals surface area contributed by atoms with Gasteiger partial charge in [0.25, 0.3) is 5.91 Å². The molecule has 0 bridgehead atoms. The van der Waals surface area contributed by atoms with Crippen LogP contribution in [0.5, 0.6) is 0 Å². The number of hydrogen-bond donors (Lipinski definition) is 1. The van der Waals surface area contributed by atoms with Gasteiger partial charge in [-0.2, -0.15) is 13.2 Å². The van der Waals surface area contributed by atoms with Crippen molar-refractivity contribution in [2.75, 3.05) is 0 Å². The van der Waals surface area contributed by atoms with Crippen LogP contribution in [0.25, 0.3) is 10.9 Å². The molecule has 0 radical (unpaired) electrons. The summed E-state index contributed by atoms with van der Waals surface area (Å²) in [6, 6.07) is 5.17. The maximum Gasteiger partial charge on any atom is 0.431 e. The molecule has 0 aliphatic heterocycles. The zero-order valence-corrected chi connectivity index (χ0v) is 14.3. The summed E-state index contributed by atoms with van der Waals surface area (Å²) in [5.74, 6) is -0.597. The van der Waals surface area contributed by atoms with Gasteiger partial charge in [0, 0.05) is 23.4 Å². The Balaban J connectivity index is 2.07. The number of aromatic nitrogens is 2. The summed E-state index contributed by atoms with van der Waals surface area (Å²) in [4.78, 5) is 28.0. The first-order valence-electron chi connectivity index (χ1n) is 6.81. The first-order chi connectivity index (χ1) is 11.7. The van der Waals surface area contributed by atoms with E-state index in [1.165, 1.54) is 37.1 Å². The fraction of sp³-hybridized carbons (Fsp3) is 0.133. The average Bonchev–Trinajstić information content (AvgIpc) is 2.98. The Labute approximate surface area is 147 Å². The van der Waals surface area contributed by atoms with E-state index in [1.807, 2.05) is 0 Å². The van der Waals surface area contributed by atoms with E-state index in [-0.39, 0.29) is 15.8 Å². The second-order valence-electron chi connectivity index (χ2n) is 5.09. The number of carbonyl (C=O) groups excluding carboxylic acids is 1. The molecule has 2 heterocycles. The van der Waals surface area contributed by atoms with Crippen LogP contribution in [0.4, 0.5) is 13.2 Å². The van der Waals surface area contributed by atoms with E-state index in [2.05, 4.69) is 4.98 Å². The van der Waals surface area contributed by atoms with Gasteiger partial charge in [-0.15, -0.1) is 11.3 Å². The molecule has 0 saturated carbocycles. The van der Waals surface area contributed by atoms with Crippen LogP contribution >= 0.6 is 23.1 Å². The van der Waals surface area contributed by atoms with E-state index in [0.29, 0.717) is 15.3 Å². The maximum atomic E-state index is 13.1. The molecular weight excluding hydrogens is 375 g/mol. The third-order valence-electron chi connectivity index (χ3n) is 3.45. The minimum atomic E-state index is -4.63. The van der Waals surface area contributed by atoms with Crippen molar-refractivity contribution in [1.82, 2.24) is 9.55 Å². The predicted molar refractivity (Wildman–Crippen MR) is 88.9 cm³/mol. The van der Waals surface area contributed by atoms with Crippen molar-refractivity contribution in [3.05, 3.63) is 51.3 Å². The molecule has 3 rings (SSSR count). The zero-order valence-electron chi connectivity index (χ0n) is 12.6. The molecule has 0 saturated heterocycles. The van der Waals surface area contributed by atoms with Crippen molar-refractivity contribution in [1.29, 1.82) is 0 Å². The Morgan fingerprint density at radius 2 is 2.04 bits per heavy atom. The SMILES string of the molecule is Cn1c(C(F)(F)F)cc(=O)c2ccc(Sc3ncc(C(N)=O)s3)cc21. The molecule has 0 aliphatic rings. The fourth-order valence-electron chi connectivity index (χ4n) is 2.28. The monoisotopic (exact) mass is 385 g/mol. The minimum Gasteiger partial charge on any atom is -0.365 e. The summed E-state index contributed by atoms with van der Waals surface area (Å²) in [5.41, 5.74) is 3.62. The molecule has 0 aliphatic carbocycles. The zero-order chi connectivity index (χ0) is 18.4. The Morgan fingerprint density at radius 3 is 2.64 bits per heavy atom. The molecule has 2 aromatic heterocycles. The lowest BCUT2D eigenvalue weighted by molar-refractivity contribution is -0.143. The van der Waals surface area contributed by atoms with Gasteiger partial charge < -0.3 is 10.3 Å². The number of aryl methyl sites for hydroxylation is 1. The number of pyridine rings is 1. The lowest BCUT2D eigenvalue weighted by Gasteiger charge is -2.15. The number of benzene rings is 1.